The van der Waals surface area contributed by atoms with Crippen molar-refractivity contribution in [1.82, 2.24) is 0 Å². The molecule has 0 spiro atoms. The van der Waals surface area contributed by atoms with Crippen LogP contribution in [0.2, 0.25) is 5.02 Å². The van der Waals surface area contributed by atoms with Gasteiger partial charge in [0.2, 0.25) is 0 Å². The first-order valence-corrected chi connectivity index (χ1v) is 7.19. The summed E-state index contributed by atoms with van der Waals surface area (Å²) < 4.78 is -0.266. The fourth-order valence-corrected chi connectivity index (χ4v) is 3.67. The molecule has 0 saturated heterocycles. The quantitative estimate of drug-likeness (QED) is 0.759. The lowest BCUT2D eigenvalue weighted by molar-refractivity contribution is 0.358. The molecule has 1 aliphatic rings. The summed E-state index contributed by atoms with van der Waals surface area (Å²) >= 11 is 7.81. The number of benzene rings is 1. The van der Waals surface area contributed by atoms with Gasteiger partial charge in [-0.2, -0.15) is 5.26 Å². The van der Waals surface area contributed by atoms with Gasteiger partial charge in [0.15, 0.2) is 0 Å². The molecule has 1 fully saturated rings. The topological polar surface area (TPSA) is 23.8 Å². The maximum absolute atomic E-state index is 9.47. The molecule has 17 heavy (non-hydrogen) atoms. The molecule has 0 N–H and O–H groups in total. The Kier molecular flexibility index (Phi) is 4.01. The molecular formula is C14H16ClNS. The number of nitrogens with zero attached hydrogens (tertiary/aromatic N) is 1. The lowest BCUT2D eigenvalue weighted by atomic mass is 9.83. The standard InChI is InChI=1S/C14H16ClNS/c1-11-6-8-14(10-16,9-7-11)17-13-5-3-2-4-12(13)15/h2-5,11H,6-9H2,1H3. The number of nitriles is 1. The minimum absolute atomic E-state index is 0.266. The van der Waals surface area contributed by atoms with E-state index in [-0.39, 0.29) is 4.75 Å². The van der Waals surface area contributed by atoms with E-state index in [1.807, 2.05) is 24.3 Å². The van der Waals surface area contributed by atoms with Crippen molar-refractivity contribution >= 4 is 23.4 Å². The molecular weight excluding hydrogens is 250 g/mol. The second kappa shape index (κ2) is 5.33. The van der Waals surface area contributed by atoms with Crippen LogP contribution in [0, 0.1) is 17.2 Å². The van der Waals surface area contributed by atoms with E-state index in [4.69, 9.17) is 11.6 Å². The van der Waals surface area contributed by atoms with Crippen LogP contribution < -0.4 is 0 Å². The van der Waals surface area contributed by atoms with Crippen LogP contribution in [0.3, 0.4) is 0 Å². The van der Waals surface area contributed by atoms with Gasteiger partial charge in [0.25, 0.3) is 0 Å². The summed E-state index contributed by atoms with van der Waals surface area (Å²) in [4.78, 5) is 1.03. The molecule has 0 aromatic heterocycles. The fourth-order valence-electron chi connectivity index (χ4n) is 2.20. The monoisotopic (exact) mass is 265 g/mol. The molecule has 0 atom stereocenters. The molecule has 0 radical (unpaired) electrons. The smallest absolute Gasteiger partial charge is 0.107 e. The van der Waals surface area contributed by atoms with Crippen LogP contribution >= 0.6 is 23.4 Å². The number of hydrogen-bond donors (Lipinski definition) is 0. The van der Waals surface area contributed by atoms with Crippen molar-refractivity contribution in [3.05, 3.63) is 29.3 Å². The van der Waals surface area contributed by atoms with Gasteiger partial charge >= 0.3 is 0 Å². The third kappa shape index (κ3) is 2.97. The highest BCUT2D eigenvalue weighted by Crippen LogP contribution is 2.46. The lowest BCUT2D eigenvalue weighted by Gasteiger charge is -2.33. The van der Waals surface area contributed by atoms with Gasteiger partial charge in [-0.05, 0) is 43.7 Å². The molecule has 1 aliphatic carbocycles. The maximum Gasteiger partial charge on any atom is 0.107 e. The zero-order valence-corrected chi connectivity index (χ0v) is 11.5. The van der Waals surface area contributed by atoms with Crippen molar-refractivity contribution in [1.29, 1.82) is 5.26 Å². The molecule has 1 aromatic rings. The second-order valence-corrected chi connectivity index (χ2v) is 6.65. The Hall–Kier alpha value is -0.650. The summed E-state index contributed by atoms with van der Waals surface area (Å²) in [6.45, 7) is 2.27. The van der Waals surface area contributed by atoms with Gasteiger partial charge in [-0.25, -0.2) is 0 Å². The maximum atomic E-state index is 9.47. The van der Waals surface area contributed by atoms with Gasteiger partial charge in [0, 0.05) is 4.90 Å². The molecule has 0 unspecified atom stereocenters. The Bertz CT molecular complexity index is 430. The summed E-state index contributed by atoms with van der Waals surface area (Å²) in [7, 11) is 0. The van der Waals surface area contributed by atoms with Crippen LogP contribution in [-0.2, 0) is 0 Å². The summed E-state index contributed by atoms with van der Waals surface area (Å²) in [5.41, 5.74) is 0. The fraction of sp³-hybridized carbons (Fsp3) is 0.500. The largest absolute Gasteiger partial charge is 0.197 e. The van der Waals surface area contributed by atoms with Crippen molar-refractivity contribution in [2.45, 2.75) is 42.2 Å². The van der Waals surface area contributed by atoms with Crippen LogP contribution in [-0.4, -0.2) is 4.75 Å². The Morgan fingerprint density at radius 2 is 2.00 bits per heavy atom. The SMILES string of the molecule is CC1CCC(C#N)(Sc2ccccc2Cl)CC1. The van der Waals surface area contributed by atoms with Gasteiger partial charge in [-0.15, -0.1) is 11.8 Å². The minimum atomic E-state index is -0.266. The van der Waals surface area contributed by atoms with Crippen molar-refractivity contribution in [3.8, 4) is 6.07 Å². The van der Waals surface area contributed by atoms with E-state index in [1.54, 1.807) is 11.8 Å². The Balaban J connectivity index is 2.16. The molecule has 1 nitrogen and oxygen atoms in total. The molecule has 2 rings (SSSR count). The first-order valence-electron chi connectivity index (χ1n) is 6.00. The Morgan fingerprint density at radius 3 is 2.59 bits per heavy atom. The van der Waals surface area contributed by atoms with E-state index >= 15 is 0 Å². The van der Waals surface area contributed by atoms with Crippen molar-refractivity contribution in [3.63, 3.8) is 0 Å². The molecule has 0 amide bonds. The van der Waals surface area contributed by atoms with Crippen molar-refractivity contribution in [2.75, 3.05) is 0 Å². The molecule has 90 valence electrons. The van der Waals surface area contributed by atoms with Crippen molar-refractivity contribution < 1.29 is 0 Å². The van der Waals surface area contributed by atoms with Gasteiger partial charge in [0.05, 0.1) is 11.1 Å². The highest BCUT2D eigenvalue weighted by Gasteiger charge is 2.35. The van der Waals surface area contributed by atoms with E-state index in [2.05, 4.69) is 13.0 Å². The van der Waals surface area contributed by atoms with Gasteiger partial charge in [0.1, 0.15) is 4.75 Å². The number of halogens is 1. The average Bonchev–Trinajstić information content (AvgIpc) is 2.35. The second-order valence-electron chi connectivity index (χ2n) is 4.82. The summed E-state index contributed by atoms with van der Waals surface area (Å²) in [5, 5.41) is 10.2. The van der Waals surface area contributed by atoms with Crippen molar-refractivity contribution in [2.24, 2.45) is 5.92 Å². The number of thioether (sulfide) groups is 1. The van der Waals surface area contributed by atoms with Crippen LogP contribution in [0.4, 0.5) is 0 Å². The number of rotatable bonds is 2. The van der Waals surface area contributed by atoms with E-state index in [1.165, 1.54) is 0 Å². The zero-order chi connectivity index (χ0) is 12.3. The first-order chi connectivity index (χ1) is 8.15. The highest BCUT2D eigenvalue weighted by molar-refractivity contribution is 8.01. The van der Waals surface area contributed by atoms with Crippen LogP contribution in [0.15, 0.2) is 29.2 Å². The number of hydrogen-bond acceptors (Lipinski definition) is 2. The molecule has 0 heterocycles. The third-order valence-corrected chi connectivity index (χ3v) is 5.34. The Labute approximate surface area is 112 Å². The minimum Gasteiger partial charge on any atom is -0.197 e. The molecule has 3 heteroatoms. The molecule has 1 aromatic carbocycles. The van der Waals surface area contributed by atoms with E-state index < -0.39 is 0 Å². The lowest BCUT2D eigenvalue weighted by Crippen LogP contribution is -2.28. The summed E-state index contributed by atoms with van der Waals surface area (Å²) in [6, 6.07) is 10.3. The van der Waals surface area contributed by atoms with Crippen LogP contribution in [0.1, 0.15) is 32.6 Å². The molecule has 0 aliphatic heterocycles. The van der Waals surface area contributed by atoms with E-state index in [0.29, 0.717) is 0 Å². The highest BCUT2D eigenvalue weighted by atomic mass is 35.5. The van der Waals surface area contributed by atoms with Gasteiger partial charge in [-0.1, -0.05) is 30.7 Å². The summed E-state index contributed by atoms with van der Waals surface area (Å²) in [5.74, 6) is 0.753. The predicted molar refractivity (Wildman–Crippen MR) is 73.3 cm³/mol. The van der Waals surface area contributed by atoms with E-state index in [9.17, 15) is 5.26 Å². The summed E-state index contributed by atoms with van der Waals surface area (Å²) in [6.07, 6.45) is 4.23. The van der Waals surface area contributed by atoms with Crippen LogP contribution in [0.5, 0.6) is 0 Å². The van der Waals surface area contributed by atoms with Crippen LogP contribution in [0.25, 0.3) is 0 Å². The predicted octanol–water partition coefficient (Wildman–Crippen LogP) is 4.90. The third-order valence-electron chi connectivity index (χ3n) is 3.43. The normalized spacial score (nSPS) is 28.6. The Morgan fingerprint density at radius 1 is 1.35 bits per heavy atom. The average molecular weight is 266 g/mol. The van der Waals surface area contributed by atoms with Gasteiger partial charge < -0.3 is 0 Å². The zero-order valence-electron chi connectivity index (χ0n) is 9.95. The van der Waals surface area contributed by atoms with Gasteiger partial charge in [-0.3, -0.25) is 0 Å². The first kappa shape index (κ1) is 12.8. The van der Waals surface area contributed by atoms with E-state index in [0.717, 1.165) is 41.5 Å². The molecule has 1 saturated carbocycles. The molecule has 0 bridgehead atoms.